The van der Waals surface area contributed by atoms with Gasteiger partial charge < -0.3 is 14.5 Å². The molecule has 1 spiro atoms. The zero-order chi connectivity index (χ0) is 20.0. The highest BCUT2D eigenvalue weighted by Crippen LogP contribution is 2.52. The molecule has 3 aliphatic rings. The van der Waals surface area contributed by atoms with Gasteiger partial charge in [-0.25, -0.2) is 15.0 Å². The van der Waals surface area contributed by atoms with Crippen LogP contribution in [0.1, 0.15) is 30.9 Å². The minimum absolute atomic E-state index is 0.370. The molecule has 0 N–H and O–H groups in total. The van der Waals surface area contributed by atoms with Gasteiger partial charge in [0, 0.05) is 67.6 Å². The van der Waals surface area contributed by atoms with Crippen molar-refractivity contribution in [2.75, 3.05) is 49.2 Å². The fourth-order valence-electron chi connectivity index (χ4n) is 5.44. The second-order valence-electron chi connectivity index (χ2n) is 8.88. The van der Waals surface area contributed by atoms with E-state index in [2.05, 4.69) is 36.9 Å². The van der Waals surface area contributed by atoms with Crippen LogP contribution in [0.3, 0.4) is 0 Å². The first-order valence-electron chi connectivity index (χ1n) is 10.9. The summed E-state index contributed by atoms with van der Waals surface area (Å²) in [6.07, 6.45) is 9.14. The van der Waals surface area contributed by atoms with Gasteiger partial charge in [0.25, 0.3) is 0 Å². The van der Waals surface area contributed by atoms with Gasteiger partial charge in [0.15, 0.2) is 0 Å². The van der Waals surface area contributed by atoms with E-state index < -0.39 is 0 Å². The molecule has 154 valence electrons. The van der Waals surface area contributed by atoms with Crippen LogP contribution in [0.2, 0.25) is 0 Å². The van der Waals surface area contributed by atoms with Crippen LogP contribution >= 0.6 is 0 Å². The maximum atomic E-state index is 5.53. The van der Waals surface area contributed by atoms with Gasteiger partial charge in [0.1, 0.15) is 5.82 Å². The third kappa shape index (κ3) is 3.08. The Morgan fingerprint density at radius 3 is 2.60 bits per heavy atom. The average Bonchev–Trinajstić information content (AvgIpc) is 3.24. The molecule has 1 unspecified atom stereocenters. The van der Waals surface area contributed by atoms with E-state index in [9.17, 15) is 0 Å². The van der Waals surface area contributed by atoms with Crippen molar-refractivity contribution in [2.45, 2.75) is 25.2 Å². The van der Waals surface area contributed by atoms with Crippen LogP contribution in [-0.4, -0.2) is 59.3 Å². The summed E-state index contributed by atoms with van der Waals surface area (Å²) in [5.41, 5.74) is 2.65. The van der Waals surface area contributed by atoms with Crippen LogP contribution in [0.25, 0.3) is 10.9 Å². The van der Waals surface area contributed by atoms with Gasteiger partial charge in [-0.2, -0.15) is 0 Å². The molecule has 1 atom stereocenters. The maximum Gasteiger partial charge on any atom is 0.225 e. The predicted octanol–water partition coefficient (Wildman–Crippen LogP) is 3.03. The minimum Gasteiger partial charge on any atom is -0.378 e. The fraction of sp³-hybridized carbons (Fsp3) is 0.478. The van der Waals surface area contributed by atoms with Crippen LogP contribution in [0.15, 0.2) is 42.9 Å². The van der Waals surface area contributed by atoms with Crippen molar-refractivity contribution in [3.8, 4) is 0 Å². The predicted molar refractivity (Wildman–Crippen MR) is 116 cm³/mol. The number of anilines is 2. The molecule has 1 saturated carbocycles. The van der Waals surface area contributed by atoms with E-state index in [1.54, 1.807) is 0 Å². The van der Waals surface area contributed by atoms with Crippen LogP contribution in [0.4, 0.5) is 11.8 Å². The summed E-state index contributed by atoms with van der Waals surface area (Å²) in [4.78, 5) is 23.3. The second-order valence-corrected chi connectivity index (χ2v) is 8.88. The molecule has 30 heavy (non-hydrogen) atoms. The van der Waals surface area contributed by atoms with Crippen molar-refractivity contribution < 1.29 is 4.74 Å². The Bertz CT molecular complexity index is 1050. The van der Waals surface area contributed by atoms with E-state index >= 15 is 0 Å². The SMILES string of the molecule is c1cnc(N2CC3(CCC(c4nc(N5CCOCC5)cc5ncccc45)C3)C2)nc1. The van der Waals surface area contributed by atoms with Crippen molar-refractivity contribution in [1.82, 2.24) is 19.9 Å². The molecular weight excluding hydrogens is 376 g/mol. The zero-order valence-electron chi connectivity index (χ0n) is 17.1. The molecule has 7 nitrogen and oxygen atoms in total. The Hall–Kier alpha value is -2.80. The van der Waals surface area contributed by atoms with Crippen molar-refractivity contribution in [1.29, 1.82) is 0 Å². The van der Waals surface area contributed by atoms with E-state index in [0.29, 0.717) is 11.3 Å². The number of aromatic nitrogens is 4. The van der Waals surface area contributed by atoms with E-state index in [1.807, 2.05) is 30.7 Å². The number of fused-ring (bicyclic) bond motifs is 1. The summed E-state index contributed by atoms with van der Waals surface area (Å²) in [7, 11) is 0. The number of ether oxygens (including phenoxy) is 1. The molecule has 0 amide bonds. The molecule has 2 aliphatic heterocycles. The highest BCUT2D eigenvalue weighted by molar-refractivity contribution is 5.84. The summed E-state index contributed by atoms with van der Waals surface area (Å²) >= 11 is 0. The lowest BCUT2D eigenvalue weighted by Crippen LogP contribution is -2.55. The number of hydrogen-bond acceptors (Lipinski definition) is 7. The Morgan fingerprint density at radius 1 is 0.967 bits per heavy atom. The zero-order valence-corrected chi connectivity index (χ0v) is 17.1. The monoisotopic (exact) mass is 402 g/mol. The van der Waals surface area contributed by atoms with Gasteiger partial charge >= 0.3 is 0 Å². The van der Waals surface area contributed by atoms with Crippen molar-refractivity contribution >= 4 is 22.7 Å². The molecule has 3 fully saturated rings. The number of nitrogens with zero attached hydrogens (tertiary/aromatic N) is 6. The molecule has 6 rings (SSSR count). The lowest BCUT2D eigenvalue weighted by atomic mass is 9.77. The van der Waals surface area contributed by atoms with Crippen molar-refractivity contribution in [3.05, 3.63) is 48.5 Å². The molecule has 0 radical (unpaired) electrons. The van der Waals surface area contributed by atoms with E-state index in [-0.39, 0.29) is 0 Å². The van der Waals surface area contributed by atoms with Crippen LogP contribution in [0, 0.1) is 5.41 Å². The molecule has 0 aromatic carbocycles. The van der Waals surface area contributed by atoms with Crippen LogP contribution in [-0.2, 0) is 4.74 Å². The van der Waals surface area contributed by atoms with Gasteiger partial charge in [-0.3, -0.25) is 4.98 Å². The molecule has 0 bridgehead atoms. The number of rotatable bonds is 3. The lowest BCUT2D eigenvalue weighted by Gasteiger charge is -2.48. The Labute approximate surface area is 176 Å². The Balaban J connectivity index is 1.27. The van der Waals surface area contributed by atoms with E-state index in [0.717, 1.165) is 56.7 Å². The third-order valence-corrected chi connectivity index (χ3v) is 6.93. The summed E-state index contributed by atoms with van der Waals surface area (Å²) < 4.78 is 5.53. The Morgan fingerprint density at radius 2 is 1.77 bits per heavy atom. The molecule has 3 aromatic heterocycles. The third-order valence-electron chi connectivity index (χ3n) is 6.93. The summed E-state index contributed by atoms with van der Waals surface area (Å²) in [6.45, 7) is 5.42. The number of hydrogen-bond donors (Lipinski definition) is 0. The topological polar surface area (TPSA) is 67.3 Å². The van der Waals surface area contributed by atoms with Gasteiger partial charge in [-0.15, -0.1) is 0 Å². The van der Waals surface area contributed by atoms with Gasteiger partial charge in [0.05, 0.1) is 24.4 Å². The summed E-state index contributed by atoms with van der Waals surface area (Å²) in [5.74, 6) is 2.39. The van der Waals surface area contributed by atoms with Crippen molar-refractivity contribution in [2.24, 2.45) is 5.41 Å². The summed E-state index contributed by atoms with van der Waals surface area (Å²) in [6, 6.07) is 8.23. The molecule has 2 saturated heterocycles. The van der Waals surface area contributed by atoms with Crippen molar-refractivity contribution in [3.63, 3.8) is 0 Å². The quantitative estimate of drug-likeness (QED) is 0.667. The standard InChI is InChI=1S/C23H26N6O/c1-3-18-19(24-6-1)13-20(28-9-11-30-12-10-28)27-21(18)17-4-5-23(14-17)15-29(16-23)22-25-7-2-8-26-22/h1-3,6-8,13,17H,4-5,9-12,14-16H2. The summed E-state index contributed by atoms with van der Waals surface area (Å²) in [5, 5.41) is 1.21. The largest absolute Gasteiger partial charge is 0.378 e. The lowest BCUT2D eigenvalue weighted by molar-refractivity contribution is 0.122. The molecule has 3 aromatic rings. The molecule has 5 heterocycles. The average molecular weight is 403 g/mol. The Kier molecular flexibility index (Phi) is 4.30. The van der Waals surface area contributed by atoms with Crippen LogP contribution < -0.4 is 9.80 Å². The van der Waals surface area contributed by atoms with Crippen LogP contribution in [0.5, 0.6) is 0 Å². The van der Waals surface area contributed by atoms with E-state index in [1.165, 1.54) is 30.3 Å². The van der Waals surface area contributed by atoms with Gasteiger partial charge in [-0.1, -0.05) is 0 Å². The smallest absolute Gasteiger partial charge is 0.225 e. The number of morpholine rings is 1. The highest BCUT2D eigenvalue weighted by atomic mass is 16.5. The highest BCUT2D eigenvalue weighted by Gasteiger charge is 2.49. The molecule has 1 aliphatic carbocycles. The molecular formula is C23H26N6O. The van der Waals surface area contributed by atoms with E-state index in [4.69, 9.17) is 9.72 Å². The fourth-order valence-corrected chi connectivity index (χ4v) is 5.44. The van der Waals surface area contributed by atoms with Gasteiger partial charge in [-0.05, 0) is 37.5 Å². The molecule has 7 heteroatoms. The second kappa shape index (κ2) is 7.16. The number of pyridine rings is 2. The first kappa shape index (κ1) is 18.0. The first-order valence-corrected chi connectivity index (χ1v) is 10.9. The first-order chi connectivity index (χ1) is 14.8. The van der Waals surface area contributed by atoms with Gasteiger partial charge in [0.2, 0.25) is 5.95 Å². The maximum absolute atomic E-state index is 5.53. The minimum atomic E-state index is 0.370. The normalized spacial score (nSPS) is 23.1.